The number of carbonyl (C=O) groups excluding carboxylic acids is 2. The van der Waals surface area contributed by atoms with Crippen molar-refractivity contribution in [2.75, 3.05) is 17.7 Å². The number of anilines is 2. The van der Waals surface area contributed by atoms with Crippen molar-refractivity contribution in [1.82, 2.24) is 0 Å². The number of nitrogen functional groups attached to an aromatic ring is 1. The van der Waals surface area contributed by atoms with E-state index >= 15 is 0 Å². The zero-order chi connectivity index (χ0) is 15.9. The van der Waals surface area contributed by atoms with Gasteiger partial charge in [-0.1, -0.05) is 42.5 Å². The van der Waals surface area contributed by atoms with Crippen LogP contribution in [0.15, 0.2) is 54.6 Å². The molecule has 0 bridgehead atoms. The van der Waals surface area contributed by atoms with Crippen molar-refractivity contribution in [1.29, 1.82) is 0 Å². The van der Waals surface area contributed by atoms with Gasteiger partial charge in [0.15, 0.2) is 0 Å². The quantitative estimate of drug-likeness (QED) is 0.522. The van der Waals surface area contributed by atoms with Gasteiger partial charge in [0.25, 0.3) is 0 Å². The fourth-order valence-corrected chi connectivity index (χ4v) is 2.10. The molecule has 1 amide bonds. The van der Waals surface area contributed by atoms with Crippen LogP contribution in [-0.2, 0) is 20.9 Å². The molecule has 0 aliphatic carbocycles. The third kappa shape index (κ3) is 3.85. The number of nitrogens with zero attached hydrogens (tertiary/aromatic N) is 1. The SMILES string of the molecule is COC(=O)CC(=O)N(Cc1ccccc1)c1ccccc1N. The van der Waals surface area contributed by atoms with Crippen molar-refractivity contribution >= 4 is 23.3 Å². The summed E-state index contributed by atoms with van der Waals surface area (Å²) in [5.74, 6) is -0.925. The van der Waals surface area contributed by atoms with E-state index in [1.807, 2.05) is 30.3 Å². The fourth-order valence-electron chi connectivity index (χ4n) is 2.10. The molecule has 0 spiro atoms. The van der Waals surface area contributed by atoms with Gasteiger partial charge in [-0.05, 0) is 17.7 Å². The number of hydrogen-bond acceptors (Lipinski definition) is 4. The summed E-state index contributed by atoms with van der Waals surface area (Å²) in [7, 11) is 1.26. The highest BCUT2D eigenvalue weighted by atomic mass is 16.5. The van der Waals surface area contributed by atoms with E-state index in [4.69, 9.17) is 5.73 Å². The normalized spacial score (nSPS) is 10.0. The third-order valence-electron chi connectivity index (χ3n) is 3.24. The number of esters is 1. The zero-order valence-electron chi connectivity index (χ0n) is 12.4. The van der Waals surface area contributed by atoms with Crippen LogP contribution >= 0.6 is 0 Å². The monoisotopic (exact) mass is 298 g/mol. The van der Waals surface area contributed by atoms with E-state index in [0.29, 0.717) is 17.9 Å². The molecule has 0 fully saturated rings. The largest absolute Gasteiger partial charge is 0.469 e. The summed E-state index contributed by atoms with van der Waals surface area (Å²) in [6, 6.07) is 16.6. The first-order chi connectivity index (χ1) is 10.6. The van der Waals surface area contributed by atoms with E-state index in [-0.39, 0.29) is 12.3 Å². The van der Waals surface area contributed by atoms with Gasteiger partial charge in [0.1, 0.15) is 6.42 Å². The molecule has 0 atom stereocenters. The van der Waals surface area contributed by atoms with Gasteiger partial charge >= 0.3 is 5.97 Å². The number of ether oxygens (including phenoxy) is 1. The summed E-state index contributed by atoms with van der Waals surface area (Å²) in [6.45, 7) is 0.338. The molecular formula is C17H18N2O3. The second-order valence-electron chi connectivity index (χ2n) is 4.78. The van der Waals surface area contributed by atoms with Gasteiger partial charge in [-0.3, -0.25) is 9.59 Å². The van der Waals surface area contributed by atoms with Crippen LogP contribution in [-0.4, -0.2) is 19.0 Å². The van der Waals surface area contributed by atoms with Gasteiger partial charge in [-0.15, -0.1) is 0 Å². The van der Waals surface area contributed by atoms with Gasteiger partial charge in [-0.25, -0.2) is 0 Å². The molecule has 0 heterocycles. The Labute approximate surface area is 129 Å². The van der Waals surface area contributed by atoms with Crippen LogP contribution in [0.1, 0.15) is 12.0 Å². The molecule has 0 saturated heterocycles. The van der Waals surface area contributed by atoms with Crippen LogP contribution in [0.3, 0.4) is 0 Å². The van der Waals surface area contributed by atoms with E-state index in [1.54, 1.807) is 24.3 Å². The molecule has 2 aromatic rings. The summed E-state index contributed by atoms with van der Waals surface area (Å²) in [5.41, 5.74) is 7.98. The molecule has 114 valence electrons. The molecule has 2 aromatic carbocycles. The van der Waals surface area contributed by atoms with Crippen LogP contribution in [0.25, 0.3) is 0 Å². The predicted octanol–water partition coefficient (Wildman–Crippen LogP) is 2.37. The fraction of sp³-hybridized carbons (Fsp3) is 0.176. The molecule has 5 heteroatoms. The second-order valence-corrected chi connectivity index (χ2v) is 4.78. The minimum Gasteiger partial charge on any atom is -0.469 e. The number of benzene rings is 2. The Bertz CT molecular complexity index is 656. The van der Waals surface area contributed by atoms with Crippen LogP contribution in [0, 0.1) is 0 Å². The highest BCUT2D eigenvalue weighted by Crippen LogP contribution is 2.25. The summed E-state index contributed by atoms with van der Waals surface area (Å²) < 4.78 is 4.57. The molecule has 0 saturated carbocycles. The van der Waals surface area contributed by atoms with Gasteiger partial charge in [-0.2, -0.15) is 0 Å². The zero-order valence-corrected chi connectivity index (χ0v) is 12.4. The van der Waals surface area contributed by atoms with E-state index < -0.39 is 5.97 Å². The second kappa shape index (κ2) is 7.26. The Hall–Kier alpha value is -2.82. The molecule has 0 aromatic heterocycles. The minimum atomic E-state index is -0.572. The lowest BCUT2D eigenvalue weighted by Gasteiger charge is -2.24. The minimum absolute atomic E-state index is 0.322. The molecule has 2 rings (SSSR count). The Kier molecular flexibility index (Phi) is 5.14. The number of methoxy groups -OCH3 is 1. The first-order valence-corrected chi connectivity index (χ1v) is 6.87. The Balaban J connectivity index is 2.30. The van der Waals surface area contributed by atoms with Gasteiger partial charge in [0.05, 0.1) is 25.0 Å². The molecule has 0 unspecified atom stereocenters. The lowest BCUT2D eigenvalue weighted by Crippen LogP contribution is -2.32. The first-order valence-electron chi connectivity index (χ1n) is 6.87. The van der Waals surface area contributed by atoms with Gasteiger partial charge in [0.2, 0.25) is 5.91 Å². The average molecular weight is 298 g/mol. The maximum Gasteiger partial charge on any atom is 0.315 e. The maximum absolute atomic E-state index is 12.4. The number of nitrogens with two attached hydrogens (primary N) is 1. The number of carbonyl (C=O) groups is 2. The van der Waals surface area contributed by atoms with Crippen molar-refractivity contribution in [3.8, 4) is 0 Å². The lowest BCUT2D eigenvalue weighted by atomic mass is 10.1. The van der Waals surface area contributed by atoms with Crippen molar-refractivity contribution < 1.29 is 14.3 Å². The van der Waals surface area contributed by atoms with E-state index in [2.05, 4.69) is 4.74 Å². The Morgan fingerprint density at radius 1 is 1.05 bits per heavy atom. The highest BCUT2D eigenvalue weighted by Gasteiger charge is 2.21. The summed E-state index contributed by atoms with van der Waals surface area (Å²) in [5, 5.41) is 0. The summed E-state index contributed by atoms with van der Waals surface area (Å²) >= 11 is 0. The smallest absolute Gasteiger partial charge is 0.315 e. The van der Waals surface area contributed by atoms with Crippen molar-refractivity contribution in [3.63, 3.8) is 0 Å². The maximum atomic E-state index is 12.4. The molecule has 5 nitrogen and oxygen atoms in total. The third-order valence-corrected chi connectivity index (χ3v) is 3.24. The molecule has 0 radical (unpaired) electrons. The first kappa shape index (κ1) is 15.6. The standard InChI is InChI=1S/C17H18N2O3/c1-22-17(21)11-16(20)19(12-13-7-3-2-4-8-13)15-10-6-5-9-14(15)18/h2-10H,11-12,18H2,1H3. The number of amides is 1. The van der Waals surface area contributed by atoms with Crippen molar-refractivity contribution in [2.45, 2.75) is 13.0 Å². The Morgan fingerprint density at radius 3 is 2.32 bits per heavy atom. The summed E-state index contributed by atoms with van der Waals surface area (Å²) in [4.78, 5) is 25.3. The predicted molar refractivity (Wildman–Crippen MR) is 85.1 cm³/mol. The molecular weight excluding hydrogens is 280 g/mol. The number of para-hydroxylation sites is 2. The lowest BCUT2D eigenvalue weighted by molar-refractivity contribution is -0.143. The van der Waals surface area contributed by atoms with Crippen LogP contribution < -0.4 is 10.6 Å². The van der Waals surface area contributed by atoms with Crippen LogP contribution in [0.2, 0.25) is 0 Å². The van der Waals surface area contributed by atoms with E-state index in [0.717, 1.165) is 5.56 Å². The number of rotatable bonds is 5. The van der Waals surface area contributed by atoms with Gasteiger partial charge < -0.3 is 15.4 Å². The summed E-state index contributed by atoms with van der Waals surface area (Å²) in [6.07, 6.45) is -0.322. The average Bonchev–Trinajstić information content (AvgIpc) is 2.54. The molecule has 0 aliphatic heterocycles. The number of hydrogen-bond donors (Lipinski definition) is 1. The molecule has 22 heavy (non-hydrogen) atoms. The van der Waals surface area contributed by atoms with Gasteiger partial charge in [0, 0.05) is 0 Å². The van der Waals surface area contributed by atoms with Crippen molar-refractivity contribution in [2.24, 2.45) is 0 Å². The molecule has 2 N–H and O–H groups in total. The van der Waals surface area contributed by atoms with Crippen LogP contribution in [0.4, 0.5) is 11.4 Å². The topological polar surface area (TPSA) is 72.6 Å². The Morgan fingerprint density at radius 2 is 1.68 bits per heavy atom. The van der Waals surface area contributed by atoms with E-state index in [1.165, 1.54) is 12.0 Å². The van der Waals surface area contributed by atoms with Crippen molar-refractivity contribution in [3.05, 3.63) is 60.2 Å². The van der Waals surface area contributed by atoms with E-state index in [9.17, 15) is 9.59 Å². The highest BCUT2D eigenvalue weighted by molar-refractivity contribution is 6.04. The molecule has 0 aliphatic rings. The van der Waals surface area contributed by atoms with Crippen LogP contribution in [0.5, 0.6) is 0 Å².